The summed E-state index contributed by atoms with van der Waals surface area (Å²) in [5.41, 5.74) is 2.35. The topological polar surface area (TPSA) is 85.9 Å². The van der Waals surface area contributed by atoms with Crippen LogP contribution < -0.4 is 20.1 Å². The average molecular weight is 563 g/mol. The van der Waals surface area contributed by atoms with Crippen LogP contribution >= 0.6 is 11.8 Å². The number of nitrogens with one attached hydrogen (secondary N) is 2. The Morgan fingerprint density at radius 1 is 0.923 bits per heavy atom. The molecule has 39 heavy (non-hydrogen) atoms. The number of benzene rings is 3. The van der Waals surface area contributed by atoms with Gasteiger partial charge in [0, 0.05) is 23.5 Å². The zero-order valence-corrected chi connectivity index (χ0v) is 22.3. The molecule has 0 aliphatic rings. The number of methoxy groups -OCH3 is 1. The molecule has 0 aromatic heterocycles. The molecule has 0 aliphatic heterocycles. The van der Waals surface area contributed by atoms with E-state index in [4.69, 9.17) is 14.2 Å². The van der Waals surface area contributed by atoms with E-state index in [-0.39, 0.29) is 30.3 Å². The highest BCUT2D eigenvalue weighted by atomic mass is 32.2. The lowest BCUT2D eigenvalue weighted by atomic mass is 10.1. The van der Waals surface area contributed by atoms with Crippen molar-refractivity contribution in [2.24, 2.45) is 0 Å². The minimum absolute atomic E-state index is 0.0173. The van der Waals surface area contributed by atoms with E-state index in [0.29, 0.717) is 40.9 Å². The number of rotatable bonds is 12. The first-order valence-electron chi connectivity index (χ1n) is 12.0. The first-order chi connectivity index (χ1) is 18.7. The Balaban J connectivity index is 1.80. The van der Waals surface area contributed by atoms with Gasteiger partial charge in [0.2, 0.25) is 0 Å². The van der Waals surface area contributed by atoms with Crippen molar-refractivity contribution in [1.29, 1.82) is 0 Å². The van der Waals surface area contributed by atoms with Crippen LogP contribution in [0.4, 0.5) is 23.7 Å². The van der Waals surface area contributed by atoms with E-state index in [1.807, 2.05) is 30.3 Å². The summed E-state index contributed by atoms with van der Waals surface area (Å²) in [7, 11) is 1.45. The number of hydrogen-bond donors (Lipinski definition) is 2. The van der Waals surface area contributed by atoms with Crippen molar-refractivity contribution in [2.75, 3.05) is 24.8 Å². The molecule has 7 nitrogen and oxygen atoms in total. The SMILES string of the molecule is CCOC(=O)Cc1ccc(OC)c(Oc2ccc(NC(=O)NCc3ccccc3)cc2CSCC(F)(F)F)c1. The molecule has 2 N–H and O–H groups in total. The fraction of sp³-hybridized carbons (Fsp3) is 0.286. The lowest BCUT2D eigenvalue weighted by molar-refractivity contribution is -0.142. The summed E-state index contributed by atoms with van der Waals surface area (Å²) in [6, 6.07) is 18.5. The van der Waals surface area contributed by atoms with Gasteiger partial charge in [-0.15, -0.1) is 11.8 Å². The third-order valence-electron chi connectivity index (χ3n) is 5.24. The van der Waals surface area contributed by atoms with E-state index in [0.717, 1.165) is 5.56 Å². The van der Waals surface area contributed by atoms with Crippen molar-refractivity contribution in [3.05, 3.63) is 83.4 Å². The van der Waals surface area contributed by atoms with Gasteiger partial charge in [0.15, 0.2) is 11.5 Å². The van der Waals surface area contributed by atoms with Gasteiger partial charge in [-0.1, -0.05) is 36.4 Å². The molecular formula is C28H29F3N2O5S. The summed E-state index contributed by atoms with van der Waals surface area (Å²) >= 11 is 0.674. The number of alkyl halides is 3. The Bertz CT molecular complexity index is 1260. The van der Waals surface area contributed by atoms with Crippen LogP contribution in [0.25, 0.3) is 0 Å². The third-order valence-corrected chi connectivity index (χ3v) is 6.29. The minimum atomic E-state index is -4.33. The number of ether oxygens (including phenoxy) is 3. The maximum absolute atomic E-state index is 12.8. The number of urea groups is 1. The fourth-order valence-electron chi connectivity index (χ4n) is 3.51. The molecule has 11 heteroatoms. The van der Waals surface area contributed by atoms with Crippen molar-refractivity contribution in [3.63, 3.8) is 0 Å². The van der Waals surface area contributed by atoms with Gasteiger partial charge in [-0.25, -0.2) is 4.79 Å². The van der Waals surface area contributed by atoms with Crippen LogP contribution in [0.2, 0.25) is 0 Å². The molecule has 2 amide bonds. The summed E-state index contributed by atoms with van der Waals surface area (Å²) in [5, 5.41) is 5.44. The Kier molecular flexibility index (Phi) is 10.9. The molecule has 0 atom stereocenters. The third kappa shape index (κ3) is 10.1. The largest absolute Gasteiger partial charge is 0.493 e. The standard InChI is InChI=1S/C28H29F3N2O5S/c1-3-37-26(34)14-20-9-11-24(36-2)25(13-20)38-23-12-10-22(15-21(23)17-39-18-28(29,30)31)33-27(35)32-16-19-7-5-4-6-8-19/h4-13,15H,3,14,16-18H2,1-2H3,(H2,32,33,35). The van der Waals surface area contributed by atoms with Gasteiger partial charge in [-0.2, -0.15) is 13.2 Å². The number of carbonyl (C=O) groups is 2. The molecule has 3 rings (SSSR count). The second kappa shape index (κ2) is 14.3. The van der Waals surface area contributed by atoms with Gasteiger partial charge in [-0.05, 0) is 48.4 Å². The Morgan fingerprint density at radius 3 is 2.36 bits per heavy atom. The van der Waals surface area contributed by atoms with E-state index >= 15 is 0 Å². The summed E-state index contributed by atoms with van der Waals surface area (Å²) in [6.45, 7) is 2.27. The van der Waals surface area contributed by atoms with Crippen molar-refractivity contribution in [3.8, 4) is 17.2 Å². The molecule has 0 heterocycles. The summed E-state index contributed by atoms with van der Waals surface area (Å²) in [6.07, 6.45) is -4.31. The number of halogens is 3. The number of amides is 2. The number of carbonyl (C=O) groups excluding carboxylic acids is 2. The second-order valence-electron chi connectivity index (χ2n) is 8.29. The van der Waals surface area contributed by atoms with E-state index in [1.54, 1.807) is 43.3 Å². The minimum Gasteiger partial charge on any atom is -0.493 e. The highest BCUT2D eigenvalue weighted by molar-refractivity contribution is 7.98. The molecule has 0 saturated carbocycles. The molecule has 0 spiro atoms. The molecule has 0 bridgehead atoms. The number of anilines is 1. The van der Waals surface area contributed by atoms with E-state index < -0.39 is 23.9 Å². The molecule has 208 valence electrons. The van der Waals surface area contributed by atoms with Gasteiger partial charge in [0.25, 0.3) is 0 Å². The molecule has 3 aromatic rings. The number of hydrogen-bond acceptors (Lipinski definition) is 6. The zero-order chi connectivity index (χ0) is 28.3. The molecule has 0 saturated heterocycles. The summed E-state index contributed by atoms with van der Waals surface area (Å²) < 4.78 is 54.9. The Hall–Kier alpha value is -3.86. The Morgan fingerprint density at radius 2 is 1.67 bits per heavy atom. The maximum Gasteiger partial charge on any atom is 0.397 e. The van der Waals surface area contributed by atoms with Crippen molar-refractivity contribution in [1.82, 2.24) is 5.32 Å². The van der Waals surface area contributed by atoms with Crippen LogP contribution in [0.1, 0.15) is 23.6 Å². The molecule has 0 unspecified atom stereocenters. The highest BCUT2D eigenvalue weighted by Crippen LogP contribution is 2.37. The maximum atomic E-state index is 12.8. The van der Waals surface area contributed by atoms with Crippen molar-refractivity contribution < 1.29 is 37.0 Å². The van der Waals surface area contributed by atoms with Crippen molar-refractivity contribution >= 4 is 29.4 Å². The van der Waals surface area contributed by atoms with Crippen LogP contribution in [0.15, 0.2) is 66.7 Å². The van der Waals surface area contributed by atoms with Gasteiger partial charge >= 0.3 is 18.2 Å². The first-order valence-corrected chi connectivity index (χ1v) is 13.2. The van der Waals surface area contributed by atoms with Crippen molar-refractivity contribution in [2.45, 2.75) is 31.8 Å². The number of esters is 1. The molecule has 3 aromatic carbocycles. The summed E-state index contributed by atoms with van der Waals surface area (Å²) in [4.78, 5) is 24.3. The lowest BCUT2D eigenvalue weighted by Gasteiger charge is -2.16. The summed E-state index contributed by atoms with van der Waals surface area (Å²) in [5.74, 6) is -0.534. The average Bonchev–Trinajstić information content (AvgIpc) is 2.89. The smallest absolute Gasteiger partial charge is 0.397 e. The fourth-order valence-corrected chi connectivity index (χ4v) is 4.29. The van der Waals surface area contributed by atoms with Crippen LogP contribution in [-0.4, -0.2) is 37.6 Å². The van der Waals surface area contributed by atoms with Gasteiger partial charge in [0.1, 0.15) is 5.75 Å². The van der Waals surface area contributed by atoms with Crippen LogP contribution in [-0.2, 0) is 28.2 Å². The first kappa shape index (κ1) is 29.7. The Labute approximate surface area is 229 Å². The zero-order valence-electron chi connectivity index (χ0n) is 21.5. The van der Waals surface area contributed by atoms with E-state index in [9.17, 15) is 22.8 Å². The molecule has 0 radical (unpaired) electrons. The van der Waals surface area contributed by atoms with E-state index in [1.165, 1.54) is 7.11 Å². The van der Waals surface area contributed by atoms with Crippen LogP contribution in [0.5, 0.6) is 17.2 Å². The molecule has 0 fully saturated rings. The second-order valence-corrected chi connectivity index (χ2v) is 9.28. The van der Waals surface area contributed by atoms with Gasteiger partial charge in [-0.3, -0.25) is 4.79 Å². The van der Waals surface area contributed by atoms with Crippen LogP contribution in [0.3, 0.4) is 0 Å². The van der Waals surface area contributed by atoms with Gasteiger partial charge in [0.05, 0.1) is 25.9 Å². The molecule has 0 aliphatic carbocycles. The molecular weight excluding hydrogens is 533 g/mol. The highest BCUT2D eigenvalue weighted by Gasteiger charge is 2.27. The monoisotopic (exact) mass is 562 g/mol. The predicted octanol–water partition coefficient (Wildman–Crippen LogP) is 6.71. The van der Waals surface area contributed by atoms with Gasteiger partial charge < -0.3 is 24.8 Å². The lowest BCUT2D eigenvalue weighted by Crippen LogP contribution is -2.28. The number of thioether (sulfide) groups is 1. The van der Waals surface area contributed by atoms with Crippen LogP contribution in [0, 0.1) is 0 Å². The normalized spacial score (nSPS) is 11.0. The quantitative estimate of drug-likeness (QED) is 0.239. The van der Waals surface area contributed by atoms with E-state index in [2.05, 4.69) is 10.6 Å². The predicted molar refractivity (Wildman–Crippen MR) is 144 cm³/mol.